The molecule has 0 aliphatic carbocycles. The summed E-state index contributed by atoms with van der Waals surface area (Å²) in [6.07, 6.45) is 11.7. The third kappa shape index (κ3) is 3.92. The van der Waals surface area contributed by atoms with Gasteiger partial charge < -0.3 is 4.74 Å². The minimum atomic E-state index is -0.226. The molecule has 13 heavy (non-hydrogen) atoms. The van der Waals surface area contributed by atoms with Gasteiger partial charge in [-0.2, -0.15) is 0 Å². The van der Waals surface area contributed by atoms with E-state index in [2.05, 4.69) is 13.0 Å². The maximum Gasteiger partial charge on any atom is 0.331 e. The van der Waals surface area contributed by atoms with Crippen LogP contribution in [0.3, 0.4) is 0 Å². The first-order valence-corrected chi connectivity index (χ1v) is 4.86. The topological polar surface area (TPSA) is 26.3 Å². The van der Waals surface area contributed by atoms with Crippen molar-refractivity contribution in [3.63, 3.8) is 0 Å². The Hall–Kier alpha value is -1.05. The molecule has 0 amide bonds. The van der Waals surface area contributed by atoms with E-state index in [0.717, 1.165) is 12.8 Å². The number of carbonyl (C=O) groups is 1. The van der Waals surface area contributed by atoms with Gasteiger partial charge >= 0.3 is 5.97 Å². The lowest BCUT2D eigenvalue weighted by atomic mass is 10.1. The van der Waals surface area contributed by atoms with E-state index < -0.39 is 0 Å². The molecule has 1 unspecified atom stereocenters. The summed E-state index contributed by atoms with van der Waals surface area (Å²) in [5, 5.41) is 0. The number of unbranched alkanes of at least 4 members (excludes halogenated alkanes) is 2. The Balaban J connectivity index is 2.25. The maximum absolute atomic E-state index is 10.8. The highest BCUT2D eigenvalue weighted by Crippen LogP contribution is 2.09. The zero-order chi connectivity index (χ0) is 9.52. The summed E-state index contributed by atoms with van der Waals surface area (Å²) in [5.41, 5.74) is 0. The Morgan fingerprint density at radius 2 is 2.54 bits per heavy atom. The number of allylic oxidation sites excluding steroid dienone is 1. The zero-order valence-electron chi connectivity index (χ0n) is 8.03. The van der Waals surface area contributed by atoms with E-state index in [9.17, 15) is 4.79 Å². The van der Waals surface area contributed by atoms with Crippen LogP contribution in [0.4, 0.5) is 0 Å². The molecule has 0 aromatic heterocycles. The van der Waals surface area contributed by atoms with Gasteiger partial charge in [-0.05, 0) is 12.5 Å². The Labute approximate surface area is 79.3 Å². The van der Waals surface area contributed by atoms with Gasteiger partial charge in [0.1, 0.15) is 6.10 Å². The maximum atomic E-state index is 10.8. The van der Waals surface area contributed by atoms with Crippen molar-refractivity contribution >= 4 is 5.97 Å². The molecule has 0 radical (unpaired) electrons. The predicted octanol–water partition coefficient (Wildman–Crippen LogP) is 2.60. The van der Waals surface area contributed by atoms with Crippen LogP contribution < -0.4 is 0 Å². The van der Waals surface area contributed by atoms with Gasteiger partial charge in [-0.25, -0.2) is 4.79 Å². The number of cyclic esters (lactones) is 1. The van der Waals surface area contributed by atoms with Crippen molar-refractivity contribution in [1.82, 2.24) is 0 Å². The molecular weight excluding hydrogens is 164 g/mol. The summed E-state index contributed by atoms with van der Waals surface area (Å²) in [4.78, 5) is 10.8. The molecule has 1 aliphatic rings. The van der Waals surface area contributed by atoms with Gasteiger partial charge in [-0.3, -0.25) is 0 Å². The van der Waals surface area contributed by atoms with Crippen LogP contribution in [0.25, 0.3) is 0 Å². The van der Waals surface area contributed by atoms with Crippen LogP contribution in [-0.2, 0) is 9.53 Å². The average Bonchev–Trinajstić information content (AvgIpc) is 2.13. The van der Waals surface area contributed by atoms with E-state index in [0.29, 0.717) is 0 Å². The summed E-state index contributed by atoms with van der Waals surface area (Å²) in [5.74, 6) is -0.226. The van der Waals surface area contributed by atoms with Gasteiger partial charge in [0.2, 0.25) is 0 Å². The summed E-state index contributed by atoms with van der Waals surface area (Å²) >= 11 is 0. The fraction of sp³-hybridized carbons (Fsp3) is 0.545. The van der Waals surface area contributed by atoms with Gasteiger partial charge in [-0.1, -0.05) is 31.9 Å². The fourth-order valence-corrected chi connectivity index (χ4v) is 1.22. The van der Waals surface area contributed by atoms with Crippen LogP contribution in [0.1, 0.15) is 32.6 Å². The SMILES string of the molecule is CCCC/C=C/C1CC=CC(=O)O1. The fourth-order valence-electron chi connectivity index (χ4n) is 1.22. The molecule has 0 spiro atoms. The molecule has 1 atom stereocenters. The third-order valence-corrected chi connectivity index (χ3v) is 1.96. The molecule has 0 aromatic carbocycles. The highest BCUT2D eigenvalue weighted by Gasteiger charge is 2.11. The molecule has 2 nitrogen and oxygen atoms in total. The normalized spacial score (nSPS) is 22.2. The van der Waals surface area contributed by atoms with E-state index in [1.165, 1.54) is 18.9 Å². The molecular formula is C11H16O2. The monoisotopic (exact) mass is 180 g/mol. The largest absolute Gasteiger partial charge is 0.455 e. The van der Waals surface area contributed by atoms with E-state index in [1.807, 2.05) is 12.2 Å². The lowest BCUT2D eigenvalue weighted by Gasteiger charge is -2.14. The van der Waals surface area contributed by atoms with Crippen molar-refractivity contribution in [2.24, 2.45) is 0 Å². The first-order valence-electron chi connectivity index (χ1n) is 4.86. The number of esters is 1. The van der Waals surface area contributed by atoms with E-state index in [1.54, 1.807) is 0 Å². The quantitative estimate of drug-likeness (QED) is 0.377. The summed E-state index contributed by atoms with van der Waals surface area (Å²) in [6.45, 7) is 2.16. The molecule has 1 rings (SSSR count). The number of hydrogen-bond acceptors (Lipinski definition) is 2. The van der Waals surface area contributed by atoms with Crippen molar-refractivity contribution in [1.29, 1.82) is 0 Å². The van der Waals surface area contributed by atoms with Crippen LogP contribution in [0, 0.1) is 0 Å². The van der Waals surface area contributed by atoms with Gasteiger partial charge in [0.25, 0.3) is 0 Å². The zero-order valence-corrected chi connectivity index (χ0v) is 8.03. The van der Waals surface area contributed by atoms with Gasteiger partial charge in [0.15, 0.2) is 0 Å². The Kier molecular flexibility index (Phi) is 4.30. The van der Waals surface area contributed by atoms with Crippen LogP contribution in [0.15, 0.2) is 24.3 Å². The molecule has 0 fully saturated rings. The Bertz CT molecular complexity index is 216. The average molecular weight is 180 g/mol. The Morgan fingerprint density at radius 1 is 1.69 bits per heavy atom. The van der Waals surface area contributed by atoms with Crippen molar-refractivity contribution < 1.29 is 9.53 Å². The molecule has 2 heteroatoms. The minimum absolute atomic E-state index is 0.0330. The second-order valence-electron chi connectivity index (χ2n) is 3.18. The van der Waals surface area contributed by atoms with Crippen LogP contribution in [0.5, 0.6) is 0 Å². The lowest BCUT2D eigenvalue weighted by molar-refractivity contribution is -0.141. The number of carbonyl (C=O) groups excluding carboxylic acids is 1. The highest BCUT2D eigenvalue weighted by molar-refractivity contribution is 5.82. The van der Waals surface area contributed by atoms with Crippen LogP contribution in [0.2, 0.25) is 0 Å². The van der Waals surface area contributed by atoms with Gasteiger partial charge in [0, 0.05) is 12.5 Å². The lowest BCUT2D eigenvalue weighted by Crippen LogP contribution is -2.17. The summed E-state index contributed by atoms with van der Waals surface area (Å²) in [7, 11) is 0. The summed E-state index contributed by atoms with van der Waals surface area (Å²) in [6, 6.07) is 0. The molecule has 72 valence electrons. The highest BCUT2D eigenvalue weighted by atomic mass is 16.5. The second-order valence-corrected chi connectivity index (χ2v) is 3.18. The smallest absolute Gasteiger partial charge is 0.331 e. The summed E-state index contributed by atoms with van der Waals surface area (Å²) < 4.78 is 5.05. The van der Waals surface area contributed by atoms with Crippen molar-refractivity contribution in [2.45, 2.75) is 38.7 Å². The van der Waals surface area contributed by atoms with Crippen molar-refractivity contribution in [2.75, 3.05) is 0 Å². The first-order chi connectivity index (χ1) is 6.33. The predicted molar refractivity (Wildman–Crippen MR) is 52.3 cm³/mol. The van der Waals surface area contributed by atoms with E-state index >= 15 is 0 Å². The Morgan fingerprint density at radius 3 is 3.23 bits per heavy atom. The number of hydrogen-bond donors (Lipinski definition) is 0. The first kappa shape index (κ1) is 10.0. The number of rotatable bonds is 4. The molecule has 0 bridgehead atoms. The molecule has 0 saturated heterocycles. The van der Waals surface area contributed by atoms with Crippen LogP contribution >= 0.6 is 0 Å². The minimum Gasteiger partial charge on any atom is -0.455 e. The molecule has 0 N–H and O–H groups in total. The molecule has 0 aromatic rings. The number of ether oxygens (including phenoxy) is 1. The van der Waals surface area contributed by atoms with Crippen LogP contribution in [-0.4, -0.2) is 12.1 Å². The van der Waals surface area contributed by atoms with E-state index in [-0.39, 0.29) is 12.1 Å². The molecule has 0 saturated carbocycles. The standard InChI is InChI=1S/C11H16O2/c1-2-3-4-5-7-10-8-6-9-11(12)13-10/h5-7,9-10H,2-4,8H2,1H3/b7-5+. The second kappa shape index (κ2) is 5.57. The molecule has 1 heterocycles. The third-order valence-electron chi connectivity index (χ3n) is 1.96. The van der Waals surface area contributed by atoms with Crippen molar-refractivity contribution in [3.05, 3.63) is 24.3 Å². The van der Waals surface area contributed by atoms with Gasteiger partial charge in [-0.15, -0.1) is 0 Å². The van der Waals surface area contributed by atoms with E-state index in [4.69, 9.17) is 4.74 Å². The van der Waals surface area contributed by atoms with Gasteiger partial charge in [0.05, 0.1) is 0 Å². The molecule has 1 aliphatic heterocycles. The van der Waals surface area contributed by atoms with Crippen molar-refractivity contribution in [3.8, 4) is 0 Å².